The summed E-state index contributed by atoms with van der Waals surface area (Å²) in [4.78, 5) is 17.5. The van der Waals surface area contributed by atoms with Gasteiger partial charge in [-0.3, -0.25) is 4.79 Å². The normalized spacial score (nSPS) is 10.4. The monoisotopic (exact) mass is 241 g/mol. The van der Waals surface area contributed by atoms with Crippen molar-refractivity contribution in [3.8, 4) is 0 Å². The maximum absolute atomic E-state index is 11.8. The van der Waals surface area contributed by atoms with Gasteiger partial charge >= 0.3 is 6.43 Å². The van der Waals surface area contributed by atoms with Gasteiger partial charge in [-0.15, -0.1) is 0 Å². The first kappa shape index (κ1) is 11.1. The minimum Gasteiger partial charge on any atom is -0.304 e. The first-order chi connectivity index (χ1) is 6.52. The molecule has 0 saturated heterocycles. The van der Waals surface area contributed by atoms with E-state index in [1.54, 1.807) is 5.32 Å². The van der Waals surface area contributed by atoms with Gasteiger partial charge < -0.3 is 5.32 Å². The van der Waals surface area contributed by atoms with Gasteiger partial charge in [0.2, 0.25) is 0 Å². The van der Waals surface area contributed by atoms with Gasteiger partial charge in [-0.2, -0.15) is 8.78 Å². The summed E-state index contributed by atoms with van der Waals surface area (Å²) < 4.78 is 23.6. The Morgan fingerprint density at radius 1 is 1.43 bits per heavy atom. The molecule has 1 aromatic heterocycles. The second kappa shape index (κ2) is 4.47. The molecule has 0 spiro atoms. The molecule has 0 unspecified atom stereocenters. The van der Waals surface area contributed by atoms with E-state index in [9.17, 15) is 13.6 Å². The predicted molar refractivity (Wildman–Crippen MR) is 46.7 cm³/mol. The van der Waals surface area contributed by atoms with E-state index in [4.69, 9.17) is 23.2 Å². The van der Waals surface area contributed by atoms with Crippen LogP contribution in [0.4, 0.5) is 14.6 Å². The highest BCUT2D eigenvalue weighted by atomic mass is 35.5. The van der Waals surface area contributed by atoms with Crippen molar-refractivity contribution in [1.29, 1.82) is 0 Å². The molecule has 0 bridgehead atoms. The molecule has 0 atom stereocenters. The van der Waals surface area contributed by atoms with Crippen LogP contribution in [0.1, 0.15) is 0 Å². The maximum Gasteiger partial charge on any atom is 0.315 e. The third-order valence-electron chi connectivity index (χ3n) is 1.19. The van der Waals surface area contributed by atoms with Crippen LogP contribution >= 0.6 is 23.2 Å². The Kier molecular flexibility index (Phi) is 3.54. The molecule has 0 aromatic carbocycles. The number of carbonyl (C=O) groups excluding carboxylic acids is 1. The third-order valence-corrected chi connectivity index (χ3v) is 1.93. The van der Waals surface area contributed by atoms with Crippen molar-refractivity contribution in [2.75, 3.05) is 5.32 Å². The van der Waals surface area contributed by atoms with Crippen molar-refractivity contribution in [2.24, 2.45) is 0 Å². The first-order valence-corrected chi connectivity index (χ1v) is 4.03. The van der Waals surface area contributed by atoms with E-state index in [1.807, 2.05) is 0 Å². The molecule has 0 aliphatic rings. The minimum absolute atomic E-state index is 0.119. The SMILES string of the molecule is O=C(Nc1ncnc(Cl)c1Cl)C(F)F. The van der Waals surface area contributed by atoms with E-state index < -0.39 is 12.3 Å². The number of hydrogen-bond donors (Lipinski definition) is 1. The van der Waals surface area contributed by atoms with Crippen LogP contribution in [0.3, 0.4) is 0 Å². The fourth-order valence-electron chi connectivity index (χ4n) is 0.607. The fourth-order valence-corrected chi connectivity index (χ4v) is 0.885. The molecule has 0 radical (unpaired) electrons. The Morgan fingerprint density at radius 2 is 2.07 bits per heavy atom. The highest BCUT2D eigenvalue weighted by Gasteiger charge is 2.18. The topological polar surface area (TPSA) is 54.9 Å². The Morgan fingerprint density at radius 3 is 2.64 bits per heavy atom. The molecule has 8 heteroatoms. The van der Waals surface area contributed by atoms with E-state index in [0.717, 1.165) is 6.33 Å². The molecule has 14 heavy (non-hydrogen) atoms. The van der Waals surface area contributed by atoms with Gasteiger partial charge in [0.05, 0.1) is 0 Å². The molecule has 1 aromatic rings. The molecule has 1 heterocycles. The minimum atomic E-state index is -3.14. The molecular formula is C6H3Cl2F2N3O. The standard InChI is InChI=1S/C6H3Cl2F2N3O/c7-2-3(8)11-1-12-5(2)13-6(14)4(9)10/h1,4H,(H,11,12,13,14). The van der Waals surface area contributed by atoms with Crippen molar-refractivity contribution in [1.82, 2.24) is 9.97 Å². The predicted octanol–water partition coefficient (Wildman–Crippen LogP) is 1.99. The Hall–Kier alpha value is -1.01. The summed E-state index contributed by atoms with van der Waals surface area (Å²) in [6, 6.07) is 0. The summed E-state index contributed by atoms with van der Waals surface area (Å²) >= 11 is 11.0. The number of carbonyl (C=O) groups is 1. The highest BCUT2D eigenvalue weighted by molar-refractivity contribution is 6.42. The van der Waals surface area contributed by atoms with Gasteiger partial charge in [-0.25, -0.2) is 9.97 Å². The van der Waals surface area contributed by atoms with Crippen molar-refractivity contribution in [2.45, 2.75) is 6.43 Å². The van der Waals surface area contributed by atoms with Crippen LogP contribution < -0.4 is 5.32 Å². The summed E-state index contributed by atoms with van der Waals surface area (Å²) in [6.07, 6.45) is -2.14. The molecule has 4 nitrogen and oxygen atoms in total. The summed E-state index contributed by atoms with van der Waals surface area (Å²) in [5.74, 6) is -1.74. The number of rotatable bonds is 2. The molecule has 0 aliphatic heterocycles. The van der Waals surface area contributed by atoms with E-state index in [0.29, 0.717) is 0 Å². The van der Waals surface area contributed by atoms with Crippen LogP contribution in [-0.4, -0.2) is 22.3 Å². The van der Waals surface area contributed by atoms with Gasteiger partial charge in [-0.1, -0.05) is 23.2 Å². The molecule has 0 aliphatic carbocycles. The number of nitrogens with zero attached hydrogens (tertiary/aromatic N) is 2. The van der Waals surface area contributed by atoms with E-state index in [1.165, 1.54) is 0 Å². The number of alkyl halides is 2. The lowest BCUT2D eigenvalue weighted by Gasteiger charge is -2.04. The zero-order valence-electron chi connectivity index (χ0n) is 6.47. The number of amides is 1. The Labute approximate surface area is 87.2 Å². The zero-order chi connectivity index (χ0) is 10.7. The molecule has 76 valence electrons. The maximum atomic E-state index is 11.8. The van der Waals surface area contributed by atoms with Crippen LogP contribution in [0.25, 0.3) is 0 Å². The average molecular weight is 242 g/mol. The lowest BCUT2D eigenvalue weighted by molar-refractivity contribution is -0.126. The summed E-state index contributed by atoms with van der Waals surface area (Å²) in [5, 5.41) is 1.50. The summed E-state index contributed by atoms with van der Waals surface area (Å²) in [7, 11) is 0. The van der Waals surface area contributed by atoms with Crippen LogP contribution in [0.15, 0.2) is 6.33 Å². The van der Waals surface area contributed by atoms with Crippen LogP contribution in [0.2, 0.25) is 10.2 Å². The summed E-state index contributed by atoms with van der Waals surface area (Å²) in [5.41, 5.74) is 0. The molecule has 1 amide bonds. The highest BCUT2D eigenvalue weighted by Crippen LogP contribution is 2.25. The number of nitrogens with one attached hydrogen (secondary N) is 1. The molecule has 0 saturated carbocycles. The Balaban J connectivity index is 2.87. The van der Waals surface area contributed by atoms with Crippen molar-refractivity contribution in [3.63, 3.8) is 0 Å². The van der Waals surface area contributed by atoms with Gasteiger partial charge in [0, 0.05) is 0 Å². The molecule has 1 N–H and O–H groups in total. The molecule has 0 fully saturated rings. The van der Waals surface area contributed by atoms with Crippen LogP contribution in [0.5, 0.6) is 0 Å². The zero-order valence-corrected chi connectivity index (χ0v) is 7.98. The van der Waals surface area contributed by atoms with E-state index in [2.05, 4.69) is 9.97 Å². The van der Waals surface area contributed by atoms with Crippen molar-refractivity contribution in [3.05, 3.63) is 16.5 Å². The molecule has 1 rings (SSSR count). The smallest absolute Gasteiger partial charge is 0.304 e. The largest absolute Gasteiger partial charge is 0.315 e. The third kappa shape index (κ3) is 2.49. The number of aromatic nitrogens is 2. The van der Waals surface area contributed by atoms with Gasteiger partial charge in [0.1, 0.15) is 11.3 Å². The summed E-state index contributed by atoms with van der Waals surface area (Å²) in [6.45, 7) is 0. The van der Waals surface area contributed by atoms with Crippen molar-refractivity contribution >= 4 is 34.9 Å². The van der Waals surface area contributed by atoms with E-state index in [-0.39, 0.29) is 16.0 Å². The quantitative estimate of drug-likeness (QED) is 0.806. The number of anilines is 1. The lowest BCUT2D eigenvalue weighted by Crippen LogP contribution is -2.21. The van der Waals surface area contributed by atoms with Crippen LogP contribution in [-0.2, 0) is 4.79 Å². The van der Waals surface area contributed by atoms with Gasteiger partial charge in [-0.05, 0) is 0 Å². The second-order valence-corrected chi connectivity index (χ2v) is 2.85. The Bertz CT molecular complexity index is 361. The fraction of sp³-hybridized carbons (Fsp3) is 0.167. The van der Waals surface area contributed by atoms with Gasteiger partial charge in [0.25, 0.3) is 5.91 Å². The van der Waals surface area contributed by atoms with Crippen LogP contribution in [0, 0.1) is 0 Å². The second-order valence-electron chi connectivity index (χ2n) is 2.12. The molecular weight excluding hydrogens is 239 g/mol. The van der Waals surface area contributed by atoms with Gasteiger partial charge in [0.15, 0.2) is 11.0 Å². The lowest BCUT2D eigenvalue weighted by atomic mass is 10.5. The number of halogens is 4. The average Bonchev–Trinajstić information content (AvgIpc) is 2.12. The van der Waals surface area contributed by atoms with Crippen molar-refractivity contribution < 1.29 is 13.6 Å². The number of hydrogen-bond acceptors (Lipinski definition) is 3. The van der Waals surface area contributed by atoms with E-state index >= 15 is 0 Å². The first-order valence-electron chi connectivity index (χ1n) is 3.27.